The van der Waals surface area contributed by atoms with Crippen LogP contribution in [0, 0.1) is 5.82 Å². The maximum Gasteiger partial charge on any atom is 0.234 e. The first-order chi connectivity index (χ1) is 14.0. The predicted octanol–water partition coefficient (Wildman–Crippen LogP) is 3.31. The van der Waals surface area contributed by atoms with Crippen LogP contribution < -0.4 is 15.4 Å². The summed E-state index contributed by atoms with van der Waals surface area (Å²) in [5, 5.41) is 12.4. The Kier molecular flexibility index (Phi) is 6.45. The van der Waals surface area contributed by atoms with Crippen molar-refractivity contribution in [2.75, 3.05) is 23.5 Å². The number of H-pyrrole nitrogens is 1. The fraction of sp³-hybridized carbons (Fsp3) is 0.158. The monoisotopic (exact) mass is 415 g/mol. The minimum absolute atomic E-state index is 0.0298. The van der Waals surface area contributed by atoms with Gasteiger partial charge >= 0.3 is 0 Å². The molecule has 0 saturated heterocycles. The molecule has 0 radical (unpaired) electrons. The number of aromatic nitrogens is 3. The van der Waals surface area contributed by atoms with Crippen LogP contribution in [0.5, 0.6) is 5.75 Å². The van der Waals surface area contributed by atoms with Crippen LogP contribution in [0.2, 0.25) is 0 Å². The van der Waals surface area contributed by atoms with Crippen molar-refractivity contribution < 1.29 is 18.7 Å². The lowest BCUT2D eigenvalue weighted by molar-refractivity contribution is -0.114. The summed E-state index contributed by atoms with van der Waals surface area (Å²) in [4.78, 5) is 27.7. The number of nitrogens with one attached hydrogen (secondary N) is 3. The Hall–Kier alpha value is -3.40. The van der Waals surface area contributed by atoms with Crippen LogP contribution in [-0.4, -0.2) is 39.9 Å². The van der Waals surface area contributed by atoms with Crippen LogP contribution in [0.1, 0.15) is 6.92 Å². The molecule has 8 nitrogen and oxygen atoms in total. The Morgan fingerprint density at radius 3 is 2.72 bits per heavy atom. The number of aromatic amines is 1. The maximum absolute atomic E-state index is 13.8. The van der Waals surface area contributed by atoms with Gasteiger partial charge in [-0.05, 0) is 30.3 Å². The minimum Gasteiger partial charge on any atom is -0.495 e. The van der Waals surface area contributed by atoms with E-state index in [1.54, 1.807) is 36.4 Å². The number of hydrogen-bond acceptors (Lipinski definition) is 6. The third-order valence-corrected chi connectivity index (χ3v) is 4.57. The fourth-order valence-corrected chi connectivity index (χ4v) is 3.09. The fourth-order valence-electron chi connectivity index (χ4n) is 2.49. The van der Waals surface area contributed by atoms with E-state index in [-0.39, 0.29) is 23.4 Å². The molecule has 0 spiro atoms. The number of benzene rings is 2. The largest absolute Gasteiger partial charge is 0.495 e. The zero-order chi connectivity index (χ0) is 20.8. The predicted molar refractivity (Wildman–Crippen MR) is 108 cm³/mol. The lowest BCUT2D eigenvalue weighted by Gasteiger charge is -2.12. The van der Waals surface area contributed by atoms with Gasteiger partial charge in [-0.15, -0.1) is 5.10 Å². The molecule has 10 heteroatoms. The molecule has 0 aliphatic heterocycles. The van der Waals surface area contributed by atoms with E-state index in [0.717, 1.165) is 11.8 Å². The Labute approximate surface area is 170 Å². The van der Waals surface area contributed by atoms with Gasteiger partial charge in [-0.1, -0.05) is 23.9 Å². The van der Waals surface area contributed by atoms with Gasteiger partial charge in [-0.2, -0.15) is 0 Å². The van der Waals surface area contributed by atoms with E-state index in [1.165, 1.54) is 20.1 Å². The summed E-state index contributed by atoms with van der Waals surface area (Å²) in [6, 6.07) is 11.1. The maximum atomic E-state index is 13.8. The smallest absolute Gasteiger partial charge is 0.234 e. The van der Waals surface area contributed by atoms with E-state index in [0.29, 0.717) is 27.8 Å². The van der Waals surface area contributed by atoms with Crippen LogP contribution >= 0.6 is 11.8 Å². The van der Waals surface area contributed by atoms with Crippen molar-refractivity contribution >= 4 is 35.0 Å². The van der Waals surface area contributed by atoms with Crippen molar-refractivity contribution in [2.45, 2.75) is 12.1 Å². The number of thioether (sulfide) groups is 1. The molecular formula is C19H18FN5O3S. The summed E-state index contributed by atoms with van der Waals surface area (Å²) in [5.41, 5.74) is 1.26. The Balaban J connectivity index is 1.63. The second kappa shape index (κ2) is 9.20. The first-order valence-electron chi connectivity index (χ1n) is 8.52. The summed E-state index contributed by atoms with van der Waals surface area (Å²) in [7, 11) is 1.48. The number of anilines is 2. The molecule has 0 atom stereocenters. The number of halogens is 1. The van der Waals surface area contributed by atoms with Crippen molar-refractivity contribution in [3.63, 3.8) is 0 Å². The molecule has 29 heavy (non-hydrogen) atoms. The van der Waals surface area contributed by atoms with Crippen molar-refractivity contribution in [1.82, 2.24) is 15.2 Å². The van der Waals surface area contributed by atoms with Crippen molar-refractivity contribution in [1.29, 1.82) is 0 Å². The van der Waals surface area contributed by atoms with Crippen LogP contribution in [0.4, 0.5) is 15.8 Å². The highest BCUT2D eigenvalue weighted by Gasteiger charge is 2.13. The Bertz CT molecular complexity index is 1040. The summed E-state index contributed by atoms with van der Waals surface area (Å²) >= 11 is 1.10. The SMILES string of the molecule is COc1ccc(NC(C)=O)cc1NC(=O)CSc1n[nH]c(-c2ccccc2F)n1. The van der Waals surface area contributed by atoms with E-state index < -0.39 is 5.82 Å². The highest BCUT2D eigenvalue weighted by atomic mass is 32.2. The molecule has 3 aromatic rings. The van der Waals surface area contributed by atoms with Crippen LogP contribution in [0.25, 0.3) is 11.4 Å². The summed E-state index contributed by atoms with van der Waals surface area (Å²) < 4.78 is 19.1. The molecule has 0 aliphatic carbocycles. The second-order valence-electron chi connectivity index (χ2n) is 5.88. The molecule has 3 rings (SSSR count). The third-order valence-electron chi connectivity index (χ3n) is 3.72. The average Bonchev–Trinajstić information content (AvgIpc) is 3.15. The second-order valence-corrected chi connectivity index (χ2v) is 6.82. The van der Waals surface area contributed by atoms with Gasteiger partial charge in [0.2, 0.25) is 17.0 Å². The van der Waals surface area contributed by atoms with Crippen molar-refractivity contribution in [3.8, 4) is 17.1 Å². The number of rotatable bonds is 7. The molecule has 1 aromatic heterocycles. The molecule has 0 unspecified atom stereocenters. The normalized spacial score (nSPS) is 10.4. The molecule has 0 bridgehead atoms. The molecular weight excluding hydrogens is 397 g/mol. The third kappa shape index (κ3) is 5.32. The Morgan fingerprint density at radius 2 is 2.00 bits per heavy atom. The van der Waals surface area contributed by atoms with Gasteiger partial charge in [0.1, 0.15) is 11.6 Å². The van der Waals surface area contributed by atoms with E-state index in [9.17, 15) is 14.0 Å². The van der Waals surface area contributed by atoms with E-state index >= 15 is 0 Å². The number of methoxy groups -OCH3 is 1. The van der Waals surface area contributed by atoms with Gasteiger partial charge in [0.05, 0.1) is 24.1 Å². The zero-order valence-electron chi connectivity index (χ0n) is 15.7. The molecule has 0 saturated carbocycles. The first-order valence-corrected chi connectivity index (χ1v) is 9.50. The molecule has 150 valence electrons. The number of hydrogen-bond donors (Lipinski definition) is 3. The first kappa shape index (κ1) is 20.3. The van der Waals surface area contributed by atoms with Gasteiger partial charge in [0, 0.05) is 12.6 Å². The number of carbonyl (C=O) groups excluding carboxylic acids is 2. The van der Waals surface area contributed by atoms with E-state index in [2.05, 4.69) is 25.8 Å². The van der Waals surface area contributed by atoms with Gasteiger partial charge in [-0.3, -0.25) is 14.7 Å². The number of ether oxygens (including phenoxy) is 1. The summed E-state index contributed by atoms with van der Waals surface area (Å²) in [6.07, 6.45) is 0. The quantitative estimate of drug-likeness (QED) is 0.511. The molecule has 3 N–H and O–H groups in total. The minimum atomic E-state index is -0.413. The molecule has 1 heterocycles. The topological polar surface area (TPSA) is 109 Å². The molecule has 0 fully saturated rings. The van der Waals surface area contributed by atoms with Crippen molar-refractivity contribution in [3.05, 3.63) is 48.3 Å². The number of nitrogens with zero attached hydrogens (tertiary/aromatic N) is 2. The van der Waals surface area contributed by atoms with E-state index in [1.807, 2.05) is 0 Å². The van der Waals surface area contributed by atoms with Crippen LogP contribution in [0.15, 0.2) is 47.6 Å². The van der Waals surface area contributed by atoms with Gasteiger partial charge in [0.25, 0.3) is 0 Å². The number of carbonyl (C=O) groups is 2. The van der Waals surface area contributed by atoms with Crippen LogP contribution in [-0.2, 0) is 9.59 Å². The van der Waals surface area contributed by atoms with Gasteiger partial charge in [0.15, 0.2) is 5.82 Å². The summed E-state index contributed by atoms with van der Waals surface area (Å²) in [5.74, 6) is -0.178. The molecule has 0 aliphatic rings. The highest BCUT2D eigenvalue weighted by molar-refractivity contribution is 7.99. The Morgan fingerprint density at radius 1 is 1.21 bits per heavy atom. The molecule has 2 amide bonds. The standard InChI is InChI=1S/C19H18FN5O3S/c1-11(26)21-12-7-8-16(28-2)15(9-12)22-17(27)10-29-19-23-18(24-25-19)13-5-3-4-6-14(13)20/h3-9H,10H2,1-2H3,(H,21,26)(H,22,27)(H,23,24,25). The van der Waals surface area contributed by atoms with Gasteiger partial charge in [-0.25, -0.2) is 9.37 Å². The zero-order valence-corrected chi connectivity index (χ0v) is 16.5. The van der Waals surface area contributed by atoms with E-state index in [4.69, 9.17) is 4.74 Å². The lowest BCUT2D eigenvalue weighted by atomic mass is 10.2. The number of amides is 2. The average molecular weight is 415 g/mol. The van der Waals surface area contributed by atoms with Crippen LogP contribution in [0.3, 0.4) is 0 Å². The lowest BCUT2D eigenvalue weighted by Crippen LogP contribution is -2.15. The van der Waals surface area contributed by atoms with Gasteiger partial charge < -0.3 is 15.4 Å². The van der Waals surface area contributed by atoms with Crippen molar-refractivity contribution in [2.24, 2.45) is 0 Å². The summed E-state index contributed by atoms with van der Waals surface area (Å²) in [6.45, 7) is 1.39. The highest BCUT2D eigenvalue weighted by Crippen LogP contribution is 2.28. The molecule has 2 aromatic carbocycles.